The molecule has 0 amide bonds. The quantitative estimate of drug-likeness (QED) is 0.847. The van der Waals surface area contributed by atoms with Crippen LogP contribution in [0.3, 0.4) is 0 Å². The smallest absolute Gasteiger partial charge is 0.242 e. The SMILES string of the molecule is Cc1nnc(NCCc2ccn(C)n2)nc1C. The Morgan fingerprint density at radius 2 is 2.06 bits per heavy atom. The second-order valence-electron chi connectivity index (χ2n) is 3.96. The first-order valence-electron chi connectivity index (χ1n) is 5.55. The van der Waals surface area contributed by atoms with Gasteiger partial charge >= 0.3 is 0 Å². The highest BCUT2D eigenvalue weighted by Gasteiger charge is 2.01. The molecule has 0 fully saturated rings. The van der Waals surface area contributed by atoms with Gasteiger partial charge in [0.2, 0.25) is 5.95 Å². The third-order valence-electron chi connectivity index (χ3n) is 2.53. The number of nitrogens with zero attached hydrogens (tertiary/aromatic N) is 5. The average Bonchev–Trinajstić information content (AvgIpc) is 2.70. The molecule has 0 aliphatic rings. The van der Waals surface area contributed by atoms with Crippen LogP contribution < -0.4 is 5.32 Å². The molecule has 2 heterocycles. The zero-order chi connectivity index (χ0) is 12.3. The van der Waals surface area contributed by atoms with Crippen molar-refractivity contribution in [2.45, 2.75) is 20.3 Å². The third kappa shape index (κ3) is 2.99. The topological polar surface area (TPSA) is 68.5 Å². The largest absolute Gasteiger partial charge is 0.353 e. The molecule has 2 rings (SSSR count). The summed E-state index contributed by atoms with van der Waals surface area (Å²) in [6, 6.07) is 2.00. The van der Waals surface area contributed by atoms with E-state index in [1.54, 1.807) is 4.68 Å². The average molecular weight is 232 g/mol. The van der Waals surface area contributed by atoms with Crippen molar-refractivity contribution in [1.82, 2.24) is 25.0 Å². The van der Waals surface area contributed by atoms with Crippen LogP contribution in [0, 0.1) is 13.8 Å². The highest BCUT2D eigenvalue weighted by Crippen LogP contribution is 2.02. The molecule has 0 bridgehead atoms. The first-order chi connectivity index (χ1) is 8.15. The number of rotatable bonds is 4. The van der Waals surface area contributed by atoms with Gasteiger partial charge in [0.05, 0.1) is 17.1 Å². The summed E-state index contributed by atoms with van der Waals surface area (Å²) in [5.74, 6) is 0.573. The summed E-state index contributed by atoms with van der Waals surface area (Å²) in [5, 5.41) is 15.4. The summed E-state index contributed by atoms with van der Waals surface area (Å²) < 4.78 is 1.80. The Kier molecular flexibility index (Phi) is 3.32. The van der Waals surface area contributed by atoms with Crippen molar-refractivity contribution >= 4 is 5.95 Å². The van der Waals surface area contributed by atoms with Gasteiger partial charge in [-0.05, 0) is 19.9 Å². The molecule has 0 aliphatic carbocycles. The van der Waals surface area contributed by atoms with Crippen molar-refractivity contribution in [3.8, 4) is 0 Å². The molecule has 90 valence electrons. The molecular formula is C11H16N6. The second-order valence-corrected chi connectivity index (χ2v) is 3.96. The minimum atomic E-state index is 0.573. The minimum Gasteiger partial charge on any atom is -0.353 e. The minimum absolute atomic E-state index is 0.573. The molecule has 0 radical (unpaired) electrons. The monoisotopic (exact) mass is 232 g/mol. The van der Waals surface area contributed by atoms with E-state index in [0.29, 0.717) is 5.95 Å². The predicted molar refractivity (Wildman–Crippen MR) is 64.7 cm³/mol. The van der Waals surface area contributed by atoms with E-state index in [0.717, 1.165) is 30.0 Å². The number of hydrogen-bond donors (Lipinski definition) is 1. The van der Waals surface area contributed by atoms with Crippen molar-refractivity contribution in [1.29, 1.82) is 0 Å². The number of aryl methyl sites for hydroxylation is 3. The molecular weight excluding hydrogens is 216 g/mol. The summed E-state index contributed by atoms with van der Waals surface area (Å²) in [5.41, 5.74) is 2.82. The summed E-state index contributed by atoms with van der Waals surface area (Å²) in [4.78, 5) is 4.30. The third-order valence-corrected chi connectivity index (χ3v) is 2.53. The Morgan fingerprint density at radius 1 is 1.24 bits per heavy atom. The van der Waals surface area contributed by atoms with Crippen LogP contribution in [0.4, 0.5) is 5.95 Å². The molecule has 0 aromatic carbocycles. The van der Waals surface area contributed by atoms with E-state index in [1.807, 2.05) is 33.2 Å². The molecule has 0 unspecified atom stereocenters. The van der Waals surface area contributed by atoms with Crippen molar-refractivity contribution in [2.24, 2.45) is 7.05 Å². The van der Waals surface area contributed by atoms with E-state index >= 15 is 0 Å². The summed E-state index contributed by atoms with van der Waals surface area (Å²) in [6.07, 6.45) is 2.78. The molecule has 0 saturated heterocycles. The maximum absolute atomic E-state index is 4.30. The fourth-order valence-corrected chi connectivity index (χ4v) is 1.43. The molecule has 6 nitrogen and oxygen atoms in total. The molecule has 1 N–H and O–H groups in total. The zero-order valence-electron chi connectivity index (χ0n) is 10.3. The standard InChI is InChI=1S/C11H16N6/c1-8-9(2)14-15-11(13-8)12-6-4-10-5-7-17(3)16-10/h5,7H,4,6H2,1-3H3,(H,12,13,15). The van der Waals surface area contributed by atoms with Crippen molar-refractivity contribution in [2.75, 3.05) is 11.9 Å². The summed E-state index contributed by atoms with van der Waals surface area (Å²) in [6.45, 7) is 4.57. The van der Waals surface area contributed by atoms with Gasteiger partial charge in [0.25, 0.3) is 0 Å². The lowest BCUT2D eigenvalue weighted by molar-refractivity contribution is 0.741. The van der Waals surface area contributed by atoms with Crippen LogP contribution in [-0.4, -0.2) is 31.5 Å². The van der Waals surface area contributed by atoms with Crippen molar-refractivity contribution in [3.05, 3.63) is 29.3 Å². The summed E-state index contributed by atoms with van der Waals surface area (Å²) >= 11 is 0. The highest BCUT2D eigenvalue weighted by molar-refractivity contribution is 5.24. The van der Waals surface area contributed by atoms with Crippen LogP contribution in [0.5, 0.6) is 0 Å². The Labute approximate surface area is 100 Å². The van der Waals surface area contributed by atoms with Gasteiger partial charge < -0.3 is 5.32 Å². The van der Waals surface area contributed by atoms with E-state index in [-0.39, 0.29) is 0 Å². The molecule has 6 heteroatoms. The number of aromatic nitrogens is 5. The van der Waals surface area contributed by atoms with Gasteiger partial charge in [-0.2, -0.15) is 10.2 Å². The molecule has 0 atom stereocenters. The molecule has 2 aromatic heterocycles. The van der Waals surface area contributed by atoms with Gasteiger partial charge in [-0.3, -0.25) is 4.68 Å². The lowest BCUT2D eigenvalue weighted by Crippen LogP contribution is -2.10. The van der Waals surface area contributed by atoms with Gasteiger partial charge in [-0.25, -0.2) is 4.98 Å². The molecule has 0 saturated carbocycles. The Balaban J connectivity index is 1.87. The highest BCUT2D eigenvalue weighted by atomic mass is 15.3. The van der Waals surface area contributed by atoms with Crippen LogP contribution in [0.15, 0.2) is 12.3 Å². The van der Waals surface area contributed by atoms with Crippen LogP contribution in [0.1, 0.15) is 17.1 Å². The van der Waals surface area contributed by atoms with Gasteiger partial charge in [-0.1, -0.05) is 0 Å². The Hall–Kier alpha value is -1.98. The molecule has 2 aromatic rings. The van der Waals surface area contributed by atoms with E-state index in [2.05, 4.69) is 25.6 Å². The maximum atomic E-state index is 4.30. The van der Waals surface area contributed by atoms with E-state index < -0.39 is 0 Å². The first-order valence-corrected chi connectivity index (χ1v) is 5.55. The van der Waals surface area contributed by atoms with E-state index in [4.69, 9.17) is 0 Å². The number of nitrogens with one attached hydrogen (secondary N) is 1. The fourth-order valence-electron chi connectivity index (χ4n) is 1.43. The molecule has 0 aliphatic heterocycles. The van der Waals surface area contributed by atoms with Crippen LogP contribution in [-0.2, 0) is 13.5 Å². The van der Waals surface area contributed by atoms with Gasteiger partial charge in [0.15, 0.2) is 0 Å². The van der Waals surface area contributed by atoms with Crippen LogP contribution in [0.2, 0.25) is 0 Å². The van der Waals surface area contributed by atoms with Crippen LogP contribution in [0.25, 0.3) is 0 Å². The fraction of sp³-hybridized carbons (Fsp3) is 0.455. The normalized spacial score (nSPS) is 10.5. The summed E-state index contributed by atoms with van der Waals surface area (Å²) in [7, 11) is 1.91. The van der Waals surface area contributed by atoms with Crippen LogP contribution >= 0.6 is 0 Å². The van der Waals surface area contributed by atoms with Gasteiger partial charge in [0.1, 0.15) is 0 Å². The van der Waals surface area contributed by atoms with Crippen molar-refractivity contribution < 1.29 is 0 Å². The lowest BCUT2D eigenvalue weighted by atomic mass is 10.3. The van der Waals surface area contributed by atoms with E-state index in [1.165, 1.54) is 0 Å². The lowest BCUT2D eigenvalue weighted by Gasteiger charge is -2.04. The predicted octanol–water partition coefficient (Wildman–Crippen LogP) is 0.877. The van der Waals surface area contributed by atoms with E-state index in [9.17, 15) is 0 Å². The zero-order valence-corrected chi connectivity index (χ0v) is 10.3. The second kappa shape index (κ2) is 4.90. The Morgan fingerprint density at radius 3 is 2.71 bits per heavy atom. The van der Waals surface area contributed by atoms with Gasteiger partial charge in [0, 0.05) is 26.2 Å². The van der Waals surface area contributed by atoms with Crippen molar-refractivity contribution in [3.63, 3.8) is 0 Å². The number of anilines is 1. The number of hydrogen-bond acceptors (Lipinski definition) is 5. The van der Waals surface area contributed by atoms with Gasteiger partial charge in [-0.15, -0.1) is 5.10 Å². The maximum Gasteiger partial charge on any atom is 0.242 e. The first kappa shape index (κ1) is 11.5. The Bertz CT molecular complexity index is 504. The molecule has 17 heavy (non-hydrogen) atoms. The molecule has 0 spiro atoms.